The van der Waals surface area contributed by atoms with E-state index in [1.54, 1.807) is 6.33 Å². The van der Waals surface area contributed by atoms with Gasteiger partial charge in [-0.05, 0) is 32.5 Å². The van der Waals surface area contributed by atoms with E-state index in [1.807, 2.05) is 37.1 Å². The zero-order valence-electron chi connectivity index (χ0n) is 14.9. The summed E-state index contributed by atoms with van der Waals surface area (Å²) in [5, 5.41) is 0. The Kier molecular flexibility index (Phi) is 4.39. The van der Waals surface area contributed by atoms with Gasteiger partial charge < -0.3 is 9.47 Å². The molecule has 0 unspecified atom stereocenters. The molecule has 1 fully saturated rings. The second kappa shape index (κ2) is 6.69. The average Bonchev–Trinajstić information content (AvgIpc) is 2.58. The predicted octanol–water partition coefficient (Wildman–Crippen LogP) is 1.32. The van der Waals surface area contributed by atoms with Gasteiger partial charge in [-0.3, -0.25) is 9.69 Å². The molecule has 6 heteroatoms. The third kappa shape index (κ3) is 3.37. The number of hydrogen-bond donors (Lipinski definition) is 0. The van der Waals surface area contributed by atoms with Crippen molar-refractivity contribution in [2.75, 3.05) is 27.2 Å². The Labute approximate surface area is 148 Å². The van der Waals surface area contributed by atoms with Gasteiger partial charge in [0.1, 0.15) is 6.33 Å². The number of fused-ring (bicyclic) bond motifs is 4. The van der Waals surface area contributed by atoms with E-state index in [0.29, 0.717) is 18.4 Å². The van der Waals surface area contributed by atoms with Crippen LogP contribution in [0.3, 0.4) is 0 Å². The van der Waals surface area contributed by atoms with Crippen molar-refractivity contribution in [1.29, 1.82) is 0 Å². The minimum atomic E-state index is 0.200. The largest absolute Gasteiger partial charge is 0.312 e. The predicted molar refractivity (Wildman–Crippen MR) is 96.3 cm³/mol. The van der Waals surface area contributed by atoms with E-state index in [1.165, 1.54) is 12.1 Å². The van der Waals surface area contributed by atoms with Gasteiger partial charge in [0, 0.05) is 67.9 Å². The standard InChI is InChI=1S/C19H25N5O/c1-22(2)11-16-3-4-18-17-5-14(10-24(18)19(16)25)8-23(12-17)9-15-6-20-13-21-7-15/h3-4,6-7,13-14,17H,5,8-12H2,1-2H3/t14-,17+/m0/s1. The van der Waals surface area contributed by atoms with Gasteiger partial charge in [-0.2, -0.15) is 0 Å². The fraction of sp³-hybridized carbons (Fsp3) is 0.526. The fourth-order valence-corrected chi connectivity index (χ4v) is 4.35. The number of hydrogen-bond acceptors (Lipinski definition) is 5. The van der Waals surface area contributed by atoms with Crippen LogP contribution >= 0.6 is 0 Å². The SMILES string of the molecule is CN(C)Cc1ccc2n(c1=O)C[C@H]1C[C@@H]2CN(Cc2cncnc2)C1. The minimum absolute atomic E-state index is 0.200. The summed E-state index contributed by atoms with van der Waals surface area (Å²) in [5.74, 6) is 0.987. The van der Waals surface area contributed by atoms with Crippen LogP contribution in [0, 0.1) is 5.92 Å². The van der Waals surface area contributed by atoms with E-state index in [-0.39, 0.29) is 5.56 Å². The molecule has 0 saturated carbocycles. The lowest BCUT2D eigenvalue weighted by molar-refractivity contribution is 0.114. The molecule has 25 heavy (non-hydrogen) atoms. The molecule has 4 heterocycles. The molecule has 6 nitrogen and oxygen atoms in total. The van der Waals surface area contributed by atoms with Gasteiger partial charge >= 0.3 is 0 Å². The molecule has 0 spiro atoms. The maximum atomic E-state index is 12.9. The lowest BCUT2D eigenvalue weighted by Gasteiger charge is -2.43. The van der Waals surface area contributed by atoms with E-state index in [2.05, 4.69) is 25.8 Å². The van der Waals surface area contributed by atoms with Crippen LogP contribution in [-0.4, -0.2) is 51.5 Å². The Morgan fingerprint density at radius 1 is 1.16 bits per heavy atom. The first kappa shape index (κ1) is 16.4. The molecule has 2 aromatic heterocycles. The van der Waals surface area contributed by atoms with Gasteiger partial charge in [-0.15, -0.1) is 0 Å². The molecule has 0 N–H and O–H groups in total. The molecule has 0 radical (unpaired) electrons. The van der Waals surface area contributed by atoms with Gasteiger partial charge in [0.2, 0.25) is 0 Å². The number of rotatable bonds is 4. The topological polar surface area (TPSA) is 54.3 Å². The second-order valence-corrected chi connectivity index (χ2v) is 7.68. The third-order valence-electron chi connectivity index (χ3n) is 5.27. The quantitative estimate of drug-likeness (QED) is 0.841. The molecule has 2 aliphatic heterocycles. The molecule has 2 aliphatic rings. The van der Waals surface area contributed by atoms with Crippen LogP contribution in [0.1, 0.15) is 29.2 Å². The van der Waals surface area contributed by atoms with E-state index < -0.39 is 0 Å². The number of likely N-dealkylation sites (tertiary alicyclic amines) is 1. The Hall–Kier alpha value is -2.05. The molecular formula is C19H25N5O. The summed E-state index contributed by atoms with van der Waals surface area (Å²) in [7, 11) is 4.01. The van der Waals surface area contributed by atoms with Crippen molar-refractivity contribution in [3.8, 4) is 0 Å². The van der Waals surface area contributed by atoms with Crippen LogP contribution in [0.2, 0.25) is 0 Å². The molecule has 4 rings (SSSR count). The summed E-state index contributed by atoms with van der Waals surface area (Å²) in [6, 6.07) is 4.20. The van der Waals surface area contributed by atoms with Gasteiger partial charge in [0.15, 0.2) is 0 Å². The number of piperidine rings is 1. The summed E-state index contributed by atoms with van der Waals surface area (Å²) in [4.78, 5) is 25.6. The van der Waals surface area contributed by atoms with E-state index >= 15 is 0 Å². The molecule has 2 bridgehead atoms. The molecule has 0 aromatic carbocycles. The maximum absolute atomic E-state index is 12.9. The monoisotopic (exact) mass is 339 g/mol. The first-order valence-corrected chi connectivity index (χ1v) is 8.93. The molecule has 0 amide bonds. The molecule has 0 aliphatic carbocycles. The molecule has 2 aromatic rings. The Balaban J connectivity index is 1.57. The maximum Gasteiger partial charge on any atom is 0.255 e. The van der Waals surface area contributed by atoms with Crippen molar-refractivity contribution in [3.05, 3.63) is 58.0 Å². The number of nitrogens with zero attached hydrogens (tertiary/aromatic N) is 5. The molecule has 2 atom stereocenters. The highest BCUT2D eigenvalue weighted by Gasteiger charge is 2.34. The van der Waals surface area contributed by atoms with Crippen LogP contribution in [0.15, 0.2) is 35.6 Å². The Morgan fingerprint density at radius 3 is 2.72 bits per heavy atom. The van der Waals surface area contributed by atoms with Gasteiger partial charge in [0.25, 0.3) is 5.56 Å². The number of pyridine rings is 1. The lowest BCUT2D eigenvalue weighted by Crippen LogP contribution is -2.47. The molecular weight excluding hydrogens is 314 g/mol. The summed E-state index contributed by atoms with van der Waals surface area (Å²) >= 11 is 0. The Bertz CT molecular complexity index is 801. The van der Waals surface area contributed by atoms with Crippen molar-refractivity contribution in [2.24, 2.45) is 5.92 Å². The summed E-state index contributed by atoms with van der Waals surface area (Å²) < 4.78 is 2.04. The highest BCUT2D eigenvalue weighted by atomic mass is 16.1. The fourth-order valence-electron chi connectivity index (χ4n) is 4.35. The van der Waals surface area contributed by atoms with Gasteiger partial charge in [0.05, 0.1) is 0 Å². The Morgan fingerprint density at radius 2 is 1.96 bits per heavy atom. The smallest absolute Gasteiger partial charge is 0.255 e. The van der Waals surface area contributed by atoms with E-state index in [4.69, 9.17) is 0 Å². The number of aromatic nitrogens is 3. The first-order chi connectivity index (χ1) is 12.1. The third-order valence-corrected chi connectivity index (χ3v) is 5.27. The first-order valence-electron chi connectivity index (χ1n) is 8.93. The van der Waals surface area contributed by atoms with Crippen molar-refractivity contribution >= 4 is 0 Å². The summed E-state index contributed by atoms with van der Waals surface area (Å²) in [5.41, 5.74) is 3.46. The van der Waals surface area contributed by atoms with Crippen LogP contribution in [-0.2, 0) is 19.6 Å². The molecule has 132 valence electrons. The average molecular weight is 339 g/mol. The minimum Gasteiger partial charge on any atom is -0.312 e. The van der Waals surface area contributed by atoms with Crippen LogP contribution < -0.4 is 5.56 Å². The highest BCUT2D eigenvalue weighted by molar-refractivity contribution is 5.22. The van der Waals surface area contributed by atoms with Crippen molar-refractivity contribution in [1.82, 2.24) is 24.3 Å². The van der Waals surface area contributed by atoms with Crippen molar-refractivity contribution in [3.63, 3.8) is 0 Å². The second-order valence-electron chi connectivity index (χ2n) is 7.68. The van der Waals surface area contributed by atoms with E-state index in [9.17, 15) is 4.79 Å². The normalized spacial score (nSPS) is 22.8. The van der Waals surface area contributed by atoms with Gasteiger partial charge in [-0.1, -0.05) is 6.07 Å². The zero-order valence-corrected chi connectivity index (χ0v) is 14.9. The molecule has 1 saturated heterocycles. The van der Waals surface area contributed by atoms with Crippen LogP contribution in [0.4, 0.5) is 0 Å². The lowest BCUT2D eigenvalue weighted by atomic mass is 9.83. The van der Waals surface area contributed by atoms with Crippen LogP contribution in [0.5, 0.6) is 0 Å². The zero-order chi connectivity index (χ0) is 17.4. The van der Waals surface area contributed by atoms with Crippen molar-refractivity contribution < 1.29 is 0 Å². The van der Waals surface area contributed by atoms with Crippen LogP contribution in [0.25, 0.3) is 0 Å². The van der Waals surface area contributed by atoms with Gasteiger partial charge in [-0.25, -0.2) is 9.97 Å². The van der Waals surface area contributed by atoms with Crippen molar-refractivity contribution in [2.45, 2.75) is 32.0 Å². The summed E-state index contributed by atoms with van der Waals surface area (Å²) in [6.45, 7) is 4.46. The van der Waals surface area contributed by atoms with E-state index in [0.717, 1.165) is 37.3 Å². The highest BCUT2D eigenvalue weighted by Crippen LogP contribution is 2.35. The summed E-state index contributed by atoms with van der Waals surface area (Å²) in [6.07, 6.45) is 6.55.